The number of furan rings is 1. The van der Waals surface area contributed by atoms with Crippen molar-refractivity contribution in [3.05, 3.63) is 24.2 Å². The van der Waals surface area contributed by atoms with Gasteiger partial charge in [0.1, 0.15) is 6.54 Å². The molecule has 0 spiro atoms. The molecule has 0 saturated carbocycles. The van der Waals surface area contributed by atoms with Gasteiger partial charge in [-0.25, -0.2) is 0 Å². The van der Waals surface area contributed by atoms with E-state index in [0.717, 1.165) is 5.76 Å². The highest BCUT2D eigenvalue weighted by Gasteiger charge is 2.36. The van der Waals surface area contributed by atoms with Crippen LogP contribution in [-0.2, 0) is 11.3 Å². The van der Waals surface area contributed by atoms with E-state index in [1.165, 1.54) is 6.92 Å². The predicted octanol–water partition coefficient (Wildman–Crippen LogP) is 1.18. The molecule has 1 aromatic rings. The molecule has 16 heavy (non-hydrogen) atoms. The molecule has 0 fully saturated rings. The van der Waals surface area contributed by atoms with Gasteiger partial charge in [0.25, 0.3) is 3.79 Å². The van der Waals surface area contributed by atoms with Crippen molar-refractivity contribution in [1.29, 1.82) is 0 Å². The highest BCUT2D eigenvalue weighted by molar-refractivity contribution is 6.68. The average molecular weight is 287 g/mol. The second kappa shape index (κ2) is 5.77. The molecule has 90 valence electrons. The lowest BCUT2D eigenvalue weighted by Gasteiger charge is -2.22. The summed E-state index contributed by atoms with van der Waals surface area (Å²) in [6, 6.07) is 3.58. The van der Waals surface area contributed by atoms with Gasteiger partial charge in [-0.3, -0.25) is 4.79 Å². The summed E-state index contributed by atoms with van der Waals surface area (Å²) in [5.41, 5.74) is 0. The fourth-order valence-corrected chi connectivity index (χ4v) is 1.59. The van der Waals surface area contributed by atoms with Crippen LogP contribution in [0.5, 0.6) is 0 Å². The van der Waals surface area contributed by atoms with E-state index in [2.05, 4.69) is 5.32 Å². The summed E-state index contributed by atoms with van der Waals surface area (Å²) in [5.74, 6) is 0.483. The highest BCUT2D eigenvalue weighted by atomic mass is 35.6. The zero-order valence-electron chi connectivity index (χ0n) is 8.54. The molecule has 0 aromatic carbocycles. The molecule has 0 aliphatic carbocycles. The Morgan fingerprint density at radius 1 is 1.62 bits per heavy atom. The number of halogens is 3. The summed E-state index contributed by atoms with van der Waals surface area (Å²) in [4.78, 5) is 10.9. The molecule has 0 saturated heterocycles. The molecule has 0 aliphatic rings. The second-order valence-electron chi connectivity index (χ2n) is 3.24. The van der Waals surface area contributed by atoms with E-state index in [4.69, 9.17) is 39.2 Å². The number of nitrogens with two attached hydrogens (primary N) is 1. The Hall–Kier alpha value is -0.420. The van der Waals surface area contributed by atoms with Crippen LogP contribution >= 0.6 is 34.8 Å². The monoisotopic (exact) mass is 285 g/mol. The minimum atomic E-state index is -1.57. The second-order valence-corrected chi connectivity index (χ2v) is 5.61. The van der Waals surface area contributed by atoms with E-state index in [-0.39, 0.29) is 5.91 Å². The number of hydrogen-bond acceptors (Lipinski definition) is 2. The molecule has 0 bridgehead atoms. The number of carbonyl (C=O) groups excluding carboxylic acids is 1. The standard InChI is InChI=1S/C9H11Cl3N2O2/c1-6(15)14-8(9(10,11)12)13-5-7-3-2-4-16-7/h2-4,8,13H,5H2,1H3,(H,14,15)/p+1/t8-/m1/s1. The molecule has 0 radical (unpaired) electrons. The molecule has 1 atom stereocenters. The van der Waals surface area contributed by atoms with Crippen LogP contribution in [0.1, 0.15) is 12.7 Å². The lowest BCUT2D eigenvalue weighted by atomic mass is 10.4. The fraction of sp³-hybridized carbons (Fsp3) is 0.444. The Balaban J connectivity index is 2.54. The van der Waals surface area contributed by atoms with Crippen LogP contribution in [0.4, 0.5) is 0 Å². The van der Waals surface area contributed by atoms with E-state index in [9.17, 15) is 4.79 Å². The van der Waals surface area contributed by atoms with Crippen molar-refractivity contribution in [2.24, 2.45) is 0 Å². The molecule has 1 rings (SSSR count). The first kappa shape index (κ1) is 13.6. The number of nitrogens with one attached hydrogen (secondary N) is 1. The molecular weight excluding hydrogens is 274 g/mol. The summed E-state index contributed by atoms with van der Waals surface area (Å²) in [6.07, 6.45) is 0.909. The Bertz CT molecular complexity index is 335. The Kier molecular flexibility index (Phi) is 4.92. The smallest absolute Gasteiger partial charge is 0.262 e. The summed E-state index contributed by atoms with van der Waals surface area (Å²) >= 11 is 17.2. The number of hydrogen-bond donors (Lipinski definition) is 2. The maximum Gasteiger partial charge on any atom is 0.262 e. The molecule has 3 N–H and O–H groups in total. The van der Waals surface area contributed by atoms with Gasteiger partial charge in [0.2, 0.25) is 12.1 Å². The van der Waals surface area contributed by atoms with Gasteiger partial charge in [-0.2, -0.15) is 0 Å². The normalized spacial score (nSPS) is 13.5. The van der Waals surface area contributed by atoms with Gasteiger partial charge in [-0.15, -0.1) is 0 Å². The average Bonchev–Trinajstić information content (AvgIpc) is 2.62. The summed E-state index contributed by atoms with van der Waals surface area (Å²) in [5, 5.41) is 4.24. The highest BCUT2D eigenvalue weighted by Crippen LogP contribution is 2.27. The van der Waals surface area contributed by atoms with Crippen molar-refractivity contribution in [1.82, 2.24) is 5.32 Å². The van der Waals surface area contributed by atoms with E-state index in [1.54, 1.807) is 23.7 Å². The van der Waals surface area contributed by atoms with E-state index in [0.29, 0.717) is 6.54 Å². The predicted molar refractivity (Wildman–Crippen MR) is 62.2 cm³/mol. The zero-order chi connectivity index (χ0) is 12.2. The summed E-state index contributed by atoms with van der Waals surface area (Å²) < 4.78 is 3.56. The van der Waals surface area contributed by atoms with Crippen molar-refractivity contribution in [3.8, 4) is 0 Å². The first-order valence-corrected chi connectivity index (χ1v) is 5.72. The molecule has 7 heteroatoms. The van der Waals surface area contributed by atoms with Crippen molar-refractivity contribution >= 4 is 40.7 Å². The summed E-state index contributed by atoms with van der Waals surface area (Å²) in [7, 11) is 0. The lowest BCUT2D eigenvalue weighted by Crippen LogP contribution is -2.95. The van der Waals surface area contributed by atoms with E-state index < -0.39 is 9.96 Å². The molecule has 0 unspecified atom stereocenters. The lowest BCUT2D eigenvalue weighted by molar-refractivity contribution is -0.708. The number of amides is 1. The van der Waals surface area contributed by atoms with Gasteiger partial charge < -0.3 is 15.1 Å². The van der Waals surface area contributed by atoms with Gasteiger partial charge in [-0.05, 0) is 12.1 Å². The fourth-order valence-electron chi connectivity index (χ4n) is 1.16. The zero-order valence-corrected chi connectivity index (χ0v) is 10.8. The molecule has 1 heterocycles. The molecule has 1 aromatic heterocycles. The van der Waals surface area contributed by atoms with Gasteiger partial charge >= 0.3 is 0 Å². The van der Waals surface area contributed by atoms with Gasteiger partial charge in [0.05, 0.1) is 6.26 Å². The number of alkyl halides is 3. The van der Waals surface area contributed by atoms with Crippen LogP contribution in [0.15, 0.2) is 22.8 Å². The van der Waals surface area contributed by atoms with Crippen LogP contribution in [0.25, 0.3) is 0 Å². The first-order valence-electron chi connectivity index (χ1n) is 4.59. The Labute approximate surface area is 108 Å². The molecule has 4 nitrogen and oxygen atoms in total. The molecule has 0 aliphatic heterocycles. The maximum atomic E-state index is 10.9. The van der Waals surface area contributed by atoms with Crippen LogP contribution in [-0.4, -0.2) is 15.9 Å². The SMILES string of the molecule is CC(=O)N[C@@H]([NH2+]Cc1ccco1)C(Cl)(Cl)Cl. The summed E-state index contributed by atoms with van der Waals surface area (Å²) in [6.45, 7) is 1.84. The third-order valence-corrected chi connectivity index (χ3v) is 2.55. The van der Waals surface area contributed by atoms with Gasteiger partial charge in [0, 0.05) is 6.92 Å². The van der Waals surface area contributed by atoms with Gasteiger partial charge in [0.15, 0.2) is 5.76 Å². The van der Waals surface area contributed by atoms with E-state index >= 15 is 0 Å². The topological polar surface area (TPSA) is 58.9 Å². The maximum absolute atomic E-state index is 10.9. The quantitative estimate of drug-likeness (QED) is 0.645. The van der Waals surface area contributed by atoms with Crippen molar-refractivity contribution in [2.75, 3.05) is 0 Å². The number of carbonyl (C=O) groups is 1. The third-order valence-electron chi connectivity index (χ3n) is 1.85. The van der Waals surface area contributed by atoms with Crippen molar-refractivity contribution in [3.63, 3.8) is 0 Å². The van der Waals surface area contributed by atoms with Crippen LogP contribution in [0.3, 0.4) is 0 Å². The van der Waals surface area contributed by atoms with Crippen LogP contribution in [0, 0.1) is 0 Å². The van der Waals surface area contributed by atoms with Crippen LogP contribution < -0.4 is 10.6 Å². The minimum Gasteiger partial charge on any atom is -0.463 e. The Morgan fingerprint density at radius 3 is 2.75 bits per heavy atom. The van der Waals surface area contributed by atoms with Crippen LogP contribution in [0.2, 0.25) is 0 Å². The Morgan fingerprint density at radius 2 is 2.31 bits per heavy atom. The number of quaternary nitrogens is 1. The molecule has 1 amide bonds. The van der Waals surface area contributed by atoms with Crippen molar-refractivity contribution < 1.29 is 14.5 Å². The third kappa shape index (κ3) is 4.61. The number of rotatable bonds is 4. The van der Waals surface area contributed by atoms with Gasteiger partial charge in [-0.1, -0.05) is 34.8 Å². The largest absolute Gasteiger partial charge is 0.463 e. The van der Waals surface area contributed by atoms with E-state index in [1.807, 2.05) is 0 Å². The minimum absolute atomic E-state index is 0.257. The molecular formula is C9H12Cl3N2O2+. The first-order chi connectivity index (χ1) is 7.39. The van der Waals surface area contributed by atoms with Crippen molar-refractivity contribution in [2.45, 2.75) is 23.4 Å².